The molecule has 3 rings (SSSR count). The van der Waals surface area contributed by atoms with Crippen molar-refractivity contribution in [2.75, 3.05) is 5.73 Å². The lowest BCUT2D eigenvalue weighted by atomic mass is 10.1. The number of nitrogens with two attached hydrogens (primary N) is 1. The lowest BCUT2D eigenvalue weighted by Gasteiger charge is -2.01. The van der Waals surface area contributed by atoms with Crippen LogP contribution in [0.15, 0.2) is 48.8 Å². The van der Waals surface area contributed by atoms with Gasteiger partial charge < -0.3 is 5.73 Å². The van der Waals surface area contributed by atoms with E-state index in [9.17, 15) is 0 Å². The Hall–Kier alpha value is -2.04. The molecule has 0 fully saturated rings. The van der Waals surface area contributed by atoms with Crippen molar-refractivity contribution in [2.24, 2.45) is 0 Å². The highest BCUT2D eigenvalue weighted by molar-refractivity contribution is 6.42. The SMILES string of the molecule is Nc1cn(-c2ccccn2)nc1-c1ccc(Cl)c(Cl)c1. The van der Waals surface area contributed by atoms with Gasteiger partial charge in [0.2, 0.25) is 0 Å². The third-order valence-corrected chi connectivity index (χ3v) is 3.56. The summed E-state index contributed by atoms with van der Waals surface area (Å²) >= 11 is 11.9. The van der Waals surface area contributed by atoms with Crippen LogP contribution in [0.4, 0.5) is 5.69 Å². The zero-order valence-electron chi connectivity index (χ0n) is 10.3. The maximum Gasteiger partial charge on any atom is 0.153 e. The van der Waals surface area contributed by atoms with E-state index in [0.29, 0.717) is 27.2 Å². The number of rotatable bonds is 2. The number of hydrogen-bond donors (Lipinski definition) is 1. The van der Waals surface area contributed by atoms with Crippen LogP contribution in [0.3, 0.4) is 0 Å². The van der Waals surface area contributed by atoms with Gasteiger partial charge in [0.05, 0.1) is 21.9 Å². The Bertz CT molecular complexity index is 753. The average Bonchev–Trinajstić information content (AvgIpc) is 2.85. The minimum atomic E-state index is 0.468. The van der Waals surface area contributed by atoms with Gasteiger partial charge in [-0.05, 0) is 24.3 Å². The summed E-state index contributed by atoms with van der Waals surface area (Å²) in [5.41, 5.74) is 8.02. The molecule has 0 bridgehead atoms. The van der Waals surface area contributed by atoms with Crippen molar-refractivity contribution in [1.82, 2.24) is 14.8 Å². The number of halogens is 2. The number of hydrogen-bond acceptors (Lipinski definition) is 3. The number of benzene rings is 1. The smallest absolute Gasteiger partial charge is 0.153 e. The Labute approximate surface area is 125 Å². The van der Waals surface area contributed by atoms with Crippen molar-refractivity contribution in [1.29, 1.82) is 0 Å². The molecule has 0 aliphatic heterocycles. The summed E-state index contributed by atoms with van der Waals surface area (Å²) < 4.78 is 1.63. The van der Waals surface area contributed by atoms with Gasteiger partial charge in [-0.25, -0.2) is 9.67 Å². The molecule has 0 amide bonds. The standard InChI is InChI=1S/C14H10Cl2N4/c15-10-5-4-9(7-11(10)16)14-12(17)8-20(19-14)13-3-1-2-6-18-13/h1-8H,17H2. The van der Waals surface area contributed by atoms with Gasteiger partial charge in [0, 0.05) is 11.8 Å². The molecule has 1 aromatic carbocycles. The molecule has 0 atom stereocenters. The van der Waals surface area contributed by atoms with Crippen LogP contribution in [0.5, 0.6) is 0 Å². The Morgan fingerprint density at radius 2 is 1.90 bits per heavy atom. The van der Waals surface area contributed by atoms with E-state index in [-0.39, 0.29) is 0 Å². The zero-order chi connectivity index (χ0) is 14.1. The van der Waals surface area contributed by atoms with Gasteiger partial charge in [0.25, 0.3) is 0 Å². The lowest BCUT2D eigenvalue weighted by molar-refractivity contribution is 0.850. The maximum atomic E-state index is 6.02. The first-order valence-electron chi connectivity index (χ1n) is 5.87. The van der Waals surface area contributed by atoms with Crippen LogP contribution in [0, 0.1) is 0 Å². The van der Waals surface area contributed by atoms with E-state index in [1.54, 1.807) is 29.2 Å². The first-order chi connectivity index (χ1) is 9.65. The molecule has 6 heteroatoms. The molecule has 0 saturated heterocycles. The molecule has 2 aromatic heterocycles. The van der Waals surface area contributed by atoms with Crippen LogP contribution >= 0.6 is 23.2 Å². The molecule has 0 spiro atoms. The first-order valence-corrected chi connectivity index (χ1v) is 6.63. The van der Waals surface area contributed by atoms with Crippen molar-refractivity contribution >= 4 is 28.9 Å². The summed E-state index contributed by atoms with van der Waals surface area (Å²) in [7, 11) is 0. The summed E-state index contributed by atoms with van der Waals surface area (Å²) in [6, 6.07) is 10.9. The van der Waals surface area contributed by atoms with Crippen molar-refractivity contribution in [3.63, 3.8) is 0 Å². The van der Waals surface area contributed by atoms with E-state index >= 15 is 0 Å². The average molecular weight is 305 g/mol. The summed E-state index contributed by atoms with van der Waals surface area (Å²) in [5, 5.41) is 5.42. The van der Waals surface area contributed by atoms with Gasteiger partial charge in [0.15, 0.2) is 5.82 Å². The monoisotopic (exact) mass is 304 g/mol. The predicted octanol–water partition coefficient (Wildman–Crippen LogP) is 3.82. The molecule has 0 aliphatic carbocycles. The van der Waals surface area contributed by atoms with Crippen LogP contribution in [0.25, 0.3) is 17.1 Å². The normalized spacial score (nSPS) is 10.7. The summed E-state index contributed by atoms with van der Waals surface area (Å²) in [6.45, 7) is 0. The van der Waals surface area contributed by atoms with Crippen LogP contribution in [-0.4, -0.2) is 14.8 Å². The first kappa shape index (κ1) is 13.0. The third kappa shape index (κ3) is 2.35. The molecule has 2 heterocycles. The zero-order valence-corrected chi connectivity index (χ0v) is 11.8. The highest BCUT2D eigenvalue weighted by Gasteiger charge is 2.11. The molecular formula is C14H10Cl2N4. The van der Waals surface area contributed by atoms with E-state index in [2.05, 4.69) is 10.1 Å². The van der Waals surface area contributed by atoms with Crippen LogP contribution in [-0.2, 0) is 0 Å². The van der Waals surface area contributed by atoms with E-state index in [4.69, 9.17) is 28.9 Å². The Morgan fingerprint density at radius 3 is 2.60 bits per heavy atom. The maximum absolute atomic E-state index is 6.02. The molecule has 4 nitrogen and oxygen atoms in total. The quantitative estimate of drug-likeness (QED) is 0.783. The van der Waals surface area contributed by atoms with Gasteiger partial charge in [-0.3, -0.25) is 0 Å². The molecule has 0 aliphatic rings. The minimum Gasteiger partial charge on any atom is -0.396 e. The molecule has 2 N–H and O–H groups in total. The third-order valence-electron chi connectivity index (χ3n) is 2.82. The fraction of sp³-hybridized carbons (Fsp3) is 0. The fourth-order valence-corrected chi connectivity index (χ4v) is 2.16. The van der Waals surface area contributed by atoms with Gasteiger partial charge in [0.1, 0.15) is 5.69 Å². The Balaban J connectivity index is 2.07. The second-order valence-corrected chi connectivity index (χ2v) is 5.01. The minimum absolute atomic E-state index is 0.468. The molecule has 0 unspecified atom stereocenters. The largest absolute Gasteiger partial charge is 0.396 e. The summed E-state index contributed by atoms with van der Waals surface area (Å²) in [6.07, 6.45) is 3.42. The Morgan fingerprint density at radius 1 is 1.05 bits per heavy atom. The van der Waals surface area contributed by atoms with E-state index < -0.39 is 0 Å². The predicted molar refractivity (Wildman–Crippen MR) is 81.2 cm³/mol. The van der Waals surface area contributed by atoms with E-state index in [0.717, 1.165) is 5.56 Å². The van der Waals surface area contributed by atoms with E-state index in [1.165, 1.54) is 0 Å². The Kier molecular flexibility index (Phi) is 3.34. The van der Waals surface area contributed by atoms with Crippen molar-refractivity contribution in [2.45, 2.75) is 0 Å². The molecule has 0 saturated carbocycles. The molecule has 100 valence electrons. The number of anilines is 1. The second-order valence-electron chi connectivity index (χ2n) is 4.19. The van der Waals surface area contributed by atoms with Gasteiger partial charge >= 0.3 is 0 Å². The molecule has 0 radical (unpaired) electrons. The lowest BCUT2D eigenvalue weighted by Crippen LogP contribution is -1.97. The van der Waals surface area contributed by atoms with Crippen molar-refractivity contribution in [3.05, 3.63) is 58.8 Å². The number of pyridine rings is 1. The van der Waals surface area contributed by atoms with Crippen LogP contribution in [0.1, 0.15) is 0 Å². The summed E-state index contributed by atoms with van der Waals surface area (Å²) in [5.74, 6) is 0.700. The number of aromatic nitrogens is 3. The number of nitrogens with zero attached hydrogens (tertiary/aromatic N) is 3. The molecule has 20 heavy (non-hydrogen) atoms. The second kappa shape index (κ2) is 5.15. The van der Waals surface area contributed by atoms with E-state index in [1.807, 2.05) is 24.3 Å². The molecular weight excluding hydrogens is 295 g/mol. The van der Waals surface area contributed by atoms with Crippen molar-refractivity contribution in [3.8, 4) is 17.1 Å². The fourth-order valence-electron chi connectivity index (χ4n) is 1.86. The summed E-state index contributed by atoms with van der Waals surface area (Å²) in [4.78, 5) is 4.23. The van der Waals surface area contributed by atoms with Gasteiger partial charge in [-0.1, -0.05) is 35.3 Å². The van der Waals surface area contributed by atoms with Crippen LogP contribution in [0.2, 0.25) is 10.0 Å². The van der Waals surface area contributed by atoms with Crippen molar-refractivity contribution < 1.29 is 0 Å². The van der Waals surface area contributed by atoms with Gasteiger partial charge in [-0.2, -0.15) is 5.10 Å². The highest BCUT2D eigenvalue weighted by Crippen LogP contribution is 2.30. The topological polar surface area (TPSA) is 56.7 Å². The van der Waals surface area contributed by atoms with Gasteiger partial charge in [-0.15, -0.1) is 0 Å². The molecule has 3 aromatic rings. The number of nitrogen functional groups attached to an aromatic ring is 1. The van der Waals surface area contributed by atoms with Crippen LogP contribution < -0.4 is 5.73 Å². The highest BCUT2D eigenvalue weighted by atomic mass is 35.5.